The predicted octanol–water partition coefficient (Wildman–Crippen LogP) is 5.45. The van der Waals surface area contributed by atoms with Crippen molar-refractivity contribution in [3.63, 3.8) is 0 Å². The van der Waals surface area contributed by atoms with Crippen LogP contribution in [0.2, 0.25) is 0 Å². The van der Waals surface area contributed by atoms with Crippen molar-refractivity contribution in [2.24, 2.45) is 11.8 Å². The van der Waals surface area contributed by atoms with Gasteiger partial charge < -0.3 is 29.0 Å². The molecular weight excluding hydrogens is 434 g/mol. The molecule has 0 aromatic heterocycles. The summed E-state index contributed by atoms with van der Waals surface area (Å²) in [5.74, 6) is 1.33. The van der Waals surface area contributed by atoms with E-state index in [1.807, 2.05) is 32.9 Å². The van der Waals surface area contributed by atoms with Gasteiger partial charge in [0.1, 0.15) is 16.8 Å². The van der Waals surface area contributed by atoms with Gasteiger partial charge in [-0.15, -0.1) is 0 Å². The maximum absolute atomic E-state index is 12.8. The van der Waals surface area contributed by atoms with Crippen LogP contribution < -0.4 is 4.74 Å². The number of amides is 1. The lowest BCUT2D eigenvalue weighted by Gasteiger charge is -2.55. The van der Waals surface area contributed by atoms with Crippen LogP contribution >= 0.6 is 0 Å². The Hall–Kier alpha value is -1.99. The van der Waals surface area contributed by atoms with Crippen LogP contribution in [0, 0.1) is 11.8 Å². The number of phenolic OH excluding ortho intramolecular Hbond substituents is 1. The van der Waals surface area contributed by atoms with Gasteiger partial charge in [0, 0.05) is 18.0 Å². The minimum Gasteiger partial charge on any atom is -0.504 e. The van der Waals surface area contributed by atoms with Gasteiger partial charge in [0.15, 0.2) is 11.5 Å². The van der Waals surface area contributed by atoms with E-state index in [-0.39, 0.29) is 23.9 Å². The molecule has 1 spiro atoms. The Kier molecular flexibility index (Phi) is 6.82. The molecule has 0 radical (unpaired) electrons. The Morgan fingerprint density at radius 1 is 1.32 bits per heavy atom. The smallest absolute Gasteiger partial charge is 0.410 e. The van der Waals surface area contributed by atoms with E-state index in [4.69, 9.17) is 18.9 Å². The summed E-state index contributed by atoms with van der Waals surface area (Å²) in [5, 5.41) is 10.6. The van der Waals surface area contributed by atoms with Crippen LogP contribution in [0.5, 0.6) is 11.5 Å². The fourth-order valence-corrected chi connectivity index (χ4v) is 5.59. The Morgan fingerprint density at radius 2 is 2.09 bits per heavy atom. The maximum atomic E-state index is 12.8. The summed E-state index contributed by atoms with van der Waals surface area (Å²) >= 11 is 0. The van der Waals surface area contributed by atoms with Crippen LogP contribution in [-0.4, -0.2) is 59.2 Å². The van der Waals surface area contributed by atoms with Gasteiger partial charge in [-0.05, 0) is 58.9 Å². The van der Waals surface area contributed by atoms with Gasteiger partial charge in [0.05, 0.1) is 25.9 Å². The topological polar surface area (TPSA) is 77.5 Å². The Balaban J connectivity index is 1.59. The normalized spacial score (nSPS) is 31.1. The summed E-state index contributed by atoms with van der Waals surface area (Å²) in [4.78, 5) is 14.6. The average molecular weight is 476 g/mol. The number of benzene rings is 1. The molecule has 1 aromatic carbocycles. The van der Waals surface area contributed by atoms with Crippen LogP contribution in [0.1, 0.15) is 78.9 Å². The average Bonchev–Trinajstić information content (AvgIpc) is 2.74. The van der Waals surface area contributed by atoms with Crippen molar-refractivity contribution < 1.29 is 28.8 Å². The van der Waals surface area contributed by atoms with E-state index >= 15 is 0 Å². The van der Waals surface area contributed by atoms with Gasteiger partial charge in [-0.1, -0.05) is 32.4 Å². The van der Waals surface area contributed by atoms with Crippen LogP contribution in [0.4, 0.5) is 4.79 Å². The lowest BCUT2D eigenvalue weighted by Crippen LogP contribution is -2.63. The lowest BCUT2D eigenvalue weighted by atomic mass is 9.69. The van der Waals surface area contributed by atoms with Crippen molar-refractivity contribution in [3.05, 3.63) is 23.8 Å². The van der Waals surface area contributed by atoms with Crippen LogP contribution in [0.15, 0.2) is 18.2 Å². The number of carbonyl (C=O) groups excluding carboxylic acids is 1. The van der Waals surface area contributed by atoms with Gasteiger partial charge in [0.25, 0.3) is 0 Å². The van der Waals surface area contributed by atoms with E-state index in [0.717, 1.165) is 24.8 Å². The lowest BCUT2D eigenvalue weighted by molar-refractivity contribution is -0.231. The minimum atomic E-state index is -0.604. The number of nitrogens with zero attached hydrogens (tertiary/aromatic N) is 1. The van der Waals surface area contributed by atoms with Gasteiger partial charge in [-0.25, -0.2) is 4.79 Å². The third-order valence-electron chi connectivity index (χ3n) is 7.29. The highest BCUT2D eigenvalue weighted by atomic mass is 16.6. The standard InChI is InChI=1S/C27H41NO6/c1-18(2)9-8-12-26(6)20-15-27(16-28(13-14-32-27)24(30)34-25(3,4)5)17-31-22(20)19-10-7-11-21(29)23(19)33-26/h7,10-11,18,20,22,29H,8-9,12-17H2,1-6H3/t20-,22+,26+,27?/m0/s1. The zero-order chi connectivity index (χ0) is 24.7. The van der Waals surface area contributed by atoms with Crippen LogP contribution in [-0.2, 0) is 14.2 Å². The molecule has 3 aliphatic heterocycles. The number of hydrogen-bond acceptors (Lipinski definition) is 6. The Bertz CT molecular complexity index is 896. The minimum absolute atomic E-state index is 0.0290. The van der Waals surface area contributed by atoms with E-state index in [1.54, 1.807) is 11.0 Å². The number of phenols is 1. The molecule has 4 atom stereocenters. The number of hydrogen-bond donors (Lipinski definition) is 1. The van der Waals surface area contributed by atoms with Crippen LogP contribution in [0.25, 0.3) is 0 Å². The van der Waals surface area contributed by atoms with Gasteiger partial charge in [-0.3, -0.25) is 0 Å². The summed E-state index contributed by atoms with van der Waals surface area (Å²) in [7, 11) is 0. The number of aromatic hydroxyl groups is 1. The largest absolute Gasteiger partial charge is 0.504 e. The first kappa shape index (κ1) is 25.1. The number of carbonyl (C=O) groups is 1. The monoisotopic (exact) mass is 475 g/mol. The van der Waals surface area contributed by atoms with Gasteiger partial charge in [-0.2, -0.15) is 0 Å². The molecule has 7 nitrogen and oxygen atoms in total. The molecule has 7 heteroatoms. The highest BCUT2D eigenvalue weighted by Gasteiger charge is 2.56. The second-order valence-electron chi connectivity index (χ2n) is 11.9. The first-order valence-corrected chi connectivity index (χ1v) is 12.7. The summed E-state index contributed by atoms with van der Waals surface area (Å²) in [6.07, 6.45) is 3.20. The molecule has 3 aliphatic rings. The van der Waals surface area contributed by atoms with E-state index < -0.39 is 16.8 Å². The quantitative estimate of drug-likeness (QED) is 0.624. The van der Waals surface area contributed by atoms with Crippen molar-refractivity contribution in [2.75, 3.05) is 26.3 Å². The fraction of sp³-hybridized carbons (Fsp3) is 0.741. The number of morpholine rings is 1. The van der Waals surface area contributed by atoms with E-state index in [1.165, 1.54) is 0 Å². The molecule has 0 aliphatic carbocycles. The number of rotatable bonds is 4. The van der Waals surface area contributed by atoms with E-state index in [2.05, 4.69) is 20.8 Å². The zero-order valence-electron chi connectivity index (χ0n) is 21.6. The predicted molar refractivity (Wildman–Crippen MR) is 129 cm³/mol. The molecule has 2 saturated heterocycles. The maximum Gasteiger partial charge on any atom is 0.410 e. The summed E-state index contributed by atoms with van der Waals surface area (Å²) in [5.41, 5.74) is -0.779. The number of ether oxygens (including phenoxy) is 4. The molecule has 2 fully saturated rings. The molecule has 1 unspecified atom stereocenters. The second-order valence-corrected chi connectivity index (χ2v) is 11.9. The molecule has 4 rings (SSSR count). The zero-order valence-corrected chi connectivity index (χ0v) is 21.6. The van der Waals surface area contributed by atoms with Crippen LogP contribution in [0.3, 0.4) is 0 Å². The molecule has 34 heavy (non-hydrogen) atoms. The summed E-state index contributed by atoms with van der Waals surface area (Å²) < 4.78 is 25.1. The first-order valence-electron chi connectivity index (χ1n) is 12.7. The molecule has 1 amide bonds. The molecule has 0 saturated carbocycles. The van der Waals surface area contributed by atoms with Crippen molar-refractivity contribution in [1.82, 2.24) is 4.90 Å². The Labute approximate surface area is 203 Å². The Morgan fingerprint density at radius 3 is 2.79 bits per heavy atom. The van der Waals surface area contributed by atoms with Crippen molar-refractivity contribution in [2.45, 2.75) is 90.1 Å². The third-order valence-corrected chi connectivity index (χ3v) is 7.29. The second kappa shape index (κ2) is 9.23. The van der Waals surface area contributed by atoms with Gasteiger partial charge in [0.2, 0.25) is 0 Å². The highest BCUT2D eigenvalue weighted by Crippen LogP contribution is 2.55. The number of fused-ring (bicyclic) bond motifs is 3. The highest BCUT2D eigenvalue weighted by molar-refractivity contribution is 5.68. The fourth-order valence-electron chi connectivity index (χ4n) is 5.59. The van der Waals surface area contributed by atoms with Crippen molar-refractivity contribution in [3.8, 4) is 11.5 Å². The summed E-state index contributed by atoms with van der Waals surface area (Å²) in [6.45, 7) is 14.0. The molecule has 0 bridgehead atoms. The third kappa shape index (κ3) is 5.15. The summed E-state index contributed by atoms with van der Waals surface area (Å²) in [6, 6.07) is 5.49. The van der Waals surface area contributed by atoms with E-state index in [9.17, 15) is 9.90 Å². The first-order chi connectivity index (χ1) is 15.9. The molecule has 190 valence electrons. The molecule has 1 N–H and O–H groups in total. The van der Waals surface area contributed by atoms with E-state index in [0.29, 0.717) is 44.4 Å². The molecule has 3 heterocycles. The van der Waals surface area contributed by atoms with Crippen molar-refractivity contribution >= 4 is 6.09 Å². The molecule has 1 aromatic rings. The van der Waals surface area contributed by atoms with Gasteiger partial charge >= 0.3 is 6.09 Å². The molecular formula is C27H41NO6. The number of para-hydroxylation sites is 1. The van der Waals surface area contributed by atoms with Crippen molar-refractivity contribution in [1.29, 1.82) is 0 Å². The SMILES string of the molecule is CC(C)CCC[C@@]1(C)Oc2c(O)cccc2[C@H]2OCC3(C[C@@H]21)CN(C(=O)OC(C)(C)C)CCO3.